The molecule has 4 nitrogen and oxygen atoms in total. The Hall–Kier alpha value is -0.450. The maximum atomic E-state index is 11.4. The van der Waals surface area contributed by atoms with Gasteiger partial charge in [-0.3, -0.25) is 4.79 Å². The molecule has 1 aliphatic rings. The van der Waals surface area contributed by atoms with E-state index in [1.165, 1.54) is 6.92 Å². The van der Waals surface area contributed by atoms with Crippen molar-refractivity contribution in [3.63, 3.8) is 0 Å². The third-order valence-electron chi connectivity index (χ3n) is 3.91. The van der Waals surface area contributed by atoms with Crippen molar-refractivity contribution in [2.45, 2.75) is 59.0 Å². The van der Waals surface area contributed by atoms with Crippen LogP contribution in [0.4, 0.5) is 0 Å². The molecule has 1 saturated heterocycles. The van der Waals surface area contributed by atoms with Crippen molar-refractivity contribution in [1.82, 2.24) is 0 Å². The summed E-state index contributed by atoms with van der Waals surface area (Å²) < 4.78 is 5.72. The standard InChI is InChI=1S/C13H24O4/c1-7(2)12-8(3)11(15)6-13(16,17-12)9(4)10(5)14/h7-9,11-12,15-16H,6H2,1-5H3/t8-,9?,11+,12+,13?/m0/s1. The summed E-state index contributed by atoms with van der Waals surface area (Å²) in [6.07, 6.45) is -0.772. The highest BCUT2D eigenvalue weighted by Gasteiger charge is 2.49. The summed E-state index contributed by atoms with van der Waals surface area (Å²) in [6.45, 7) is 8.95. The largest absolute Gasteiger partial charge is 0.393 e. The molecule has 0 bridgehead atoms. The van der Waals surface area contributed by atoms with Crippen molar-refractivity contribution < 1.29 is 19.7 Å². The maximum absolute atomic E-state index is 11.4. The second kappa shape index (κ2) is 5.04. The molecule has 4 heteroatoms. The molecule has 2 unspecified atom stereocenters. The average molecular weight is 244 g/mol. The fourth-order valence-corrected chi connectivity index (χ4v) is 2.44. The van der Waals surface area contributed by atoms with Gasteiger partial charge >= 0.3 is 0 Å². The number of hydrogen-bond donors (Lipinski definition) is 2. The molecule has 5 atom stereocenters. The predicted octanol–water partition coefficient (Wildman–Crippen LogP) is 1.34. The van der Waals surface area contributed by atoms with Crippen LogP contribution < -0.4 is 0 Å². The van der Waals surface area contributed by atoms with Crippen molar-refractivity contribution in [1.29, 1.82) is 0 Å². The Balaban J connectivity index is 2.93. The summed E-state index contributed by atoms with van der Waals surface area (Å²) in [5.74, 6) is -2.13. The van der Waals surface area contributed by atoms with E-state index < -0.39 is 17.8 Å². The molecule has 0 amide bonds. The minimum atomic E-state index is -1.54. The molecule has 0 aliphatic carbocycles. The summed E-state index contributed by atoms with van der Waals surface area (Å²) in [5, 5.41) is 20.4. The van der Waals surface area contributed by atoms with Crippen LogP contribution in [0.5, 0.6) is 0 Å². The highest BCUT2D eigenvalue weighted by Crippen LogP contribution is 2.38. The van der Waals surface area contributed by atoms with Crippen molar-refractivity contribution in [2.24, 2.45) is 17.8 Å². The fourth-order valence-electron chi connectivity index (χ4n) is 2.44. The van der Waals surface area contributed by atoms with Gasteiger partial charge in [-0.15, -0.1) is 0 Å². The second-order valence-electron chi connectivity index (χ2n) is 5.63. The fraction of sp³-hybridized carbons (Fsp3) is 0.923. The third-order valence-corrected chi connectivity index (χ3v) is 3.91. The summed E-state index contributed by atoms with van der Waals surface area (Å²) in [4.78, 5) is 11.4. The summed E-state index contributed by atoms with van der Waals surface area (Å²) >= 11 is 0. The van der Waals surface area contributed by atoms with Gasteiger partial charge in [-0.25, -0.2) is 0 Å². The number of ether oxygens (including phenoxy) is 1. The molecule has 1 rings (SSSR count). The maximum Gasteiger partial charge on any atom is 0.177 e. The summed E-state index contributed by atoms with van der Waals surface area (Å²) in [7, 11) is 0. The Morgan fingerprint density at radius 1 is 1.41 bits per heavy atom. The number of ketones is 1. The molecule has 1 heterocycles. The molecule has 2 N–H and O–H groups in total. The van der Waals surface area contributed by atoms with Crippen LogP contribution >= 0.6 is 0 Å². The topological polar surface area (TPSA) is 66.8 Å². The molecule has 1 fully saturated rings. The average Bonchev–Trinajstić information content (AvgIpc) is 2.22. The Labute approximate surface area is 103 Å². The van der Waals surface area contributed by atoms with Crippen LogP contribution in [-0.4, -0.2) is 34.0 Å². The van der Waals surface area contributed by atoms with E-state index in [4.69, 9.17) is 4.74 Å². The normalized spacial score (nSPS) is 40.4. The minimum absolute atomic E-state index is 0.0329. The summed E-state index contributed by atoms with van der Waals surface area (Å²) in [6, 6.07) is 0. The van der Waals surface area contributed by atoms with Crippen molar-refractivity contribution in [3.05, 3.63) is 0 Å². The number of carbonyl (C=O) groups is 1. The lowest BCUT2D eigenvalue weighted by atomic mass is 9.80. The van der Waals surface area contributed by atoms with Crippen LogP contribution in [0, 0.1) is 17.8 Å². The van der Waals surface area contributed by atoms with Crippen molar-refractivity contribution in [2.75, 3.05) is 0 Å². The number of hydrogen-bond acceptors (Lipinski definition) is 4. The van der Waals surface area contributed by atoms with Gasteiger partial charge in [0, 0.05) is 12.3 Å². The quantitative estimate of drug-likeness (QED) is 0.786. The van der Waals surface area contributed by atoms with Crippen LogP contribution in [-0.2, 0) is 9.53 Å². The van der Waals surface area contributed by atoms with Gasteiger partial charge in [0.2, 0.25) is 0 Å². The van der Waals surface area contributed by atoms with Crippen molar-refractivity contribution >= 4 is 5.78 Å². The van der Waals surface area contributed by atoms with E-state index in [9.17, 15) is 15.0 Å². The first-order valence-corrected chi connectivity index (χ1v) is 6.27. The molecule has 0 aromatic heterocycles. The lowest BCUT2D eigenvalue weighted by Gasteiger charge is -2.47. The SMILES string of the molecule is CC(=O)C(C)C1(O)C[C@@H](O)[C@H](C)[C@@H](C(C)C)O1. The van der Waals surface area contributed by atoms with Gasteiger partial charge in [-0.05, 0) is 12.8 Å². The molecule has 100 valence electrons. The predicted molar refractivity (Wildman–Crippen MR) is 64.3 cm³/mol. The van der Waals surface area contributed by atoms with Crippen LogP contribution in [0.3, 0.4) is 0 Å². The van der Waals surface area contributed by atoms with E-state index in [-0.39, 0.29) is 30.1 Å². The molecule has 1 aliphatic heterocycles. The number of Topliss-reactive ketones (excluding diaryl/α,β-unsaturated/α-hetero) is 1. The van der Waals surface area contributed by atoms with E-state index in [1.54, 1.807) is 6.92 Å². The lowest BCUT2D eigenvalue weighted by molar-refractivity contribution is -0.311. The molecule has 0 aromatic carbocycles. The Morgan fingerprint density at radius 3 is 2.35 bits per heavy atom. The molecular weight excluding hydrogens is 220 g/mol. The van der Waals surface area contributed by atoms with E-state index in [2.05, 4.69) is 0 Å². The first-order chi connectivity index (χ1) is 7.69. The van der Waals surface area contributed by atoms with Crippen LogP contribution in [0.1, 0.15) is 41.0 Å². The zero-order chi connectivity index (χ0) is 13.4. The van der Waals surface area contributed by atoms with Gasteiger partial charge in [-0.1, -0.05) is 27.7 Å². The number of aliphatic hydroxyl groups is 2. The smallest absolute Gasteiger partial charge is 0.177 e. The zero-order valence-electron chi connectivity index (χ0n) is 11.3. The van der Waals surface area contributed by atoms with Crippen LogP contribution in [0.2, 0.25) is 0 Å². The number of aliphatic hydroxyl groups excluding tert-OH is 1. The highest BCUT2D eigenvalue weighted by atomic mass is 16.6. The molecule has 0 spiro atoms. The first-order valence-electron chi connectivity index (χ1n) is 6.27. The Bertz CT molecular complexity index is 289. The number of rotatable bonds is 3. The number of carbonyl (C=O) groups excluding carboxylic acids is 1. The van der Waals surface area contributed by atoms with Gasteiger partial charge in [-0.2, -0.15) is 0 Å². The first kappa shape index (κ1) is 14.6. The Morgan fingerprint density at radius 2 is 1.94 bits per heavy atom. The molecular formula is C13H24O4. The van der Waals surface area contributed by atoms with E-state index in [0.29, 0.717) is 0 Å². The summed E-state index contributed by atoms with van der Waals surface area (Å²) in [5.41, 5.74) is 0. The molecule has 17 heavy (non-hydrogen) atoms. The van der Waals surface area contributed by atoms with Gasteiger partial charge in [0.25, 0.3) is 0 Å². The molecule has 0 radical (unpaired) electrons. The third kappa shape index (κ3) is 2.87. The highest BCUT2D eigenvalue weighted by molar-refractivity contribution is 5.78. The van der Waals surface area contributed by atoms with E-state index in [0.717, 1.165) is 0 Å². The van der Waals surface area contributed by atoms with Crippen molar-refractivity contribution in [3.8, 4) is 0 Å². The van der Waals surface area contributed by atoms with E-state index in [1.807, 2.05) is 20.8 Å². The van der Waals surface area contributed by atoms with Gasteiger partial charge in [0.1, 0.15) is 5.78 Å². The Kier molecular flexibility index (Phi) is 4.33. The van der Waals surface area contributed by atoms with Gasteiger partial charge in [0.05, 0.1) is 18.1 Å². The second-order valence-corrected chi connectivity index (χ2v) is 5.63. The van der Waals surface area contributed by atoms with Gasteiger partial charge in [0.15, 0.2) is 5.79 Å². The minimum Gasteiger partial charge on any atom is -0.393 e. The molecule has 0 saturated carbocycles. The van der Waals surface area contributed by atoms with Crippen LogP contribution in [0.15, 0.2) is 0 Å². The van der Waals surface area contributed by atoms with Gasteiger partial charge < -0.3 is 14.9 Å². The lowest BCUT2D eigenvalue weighted by Crippen LogP contribution is -2.56. The van der Waals surface area contributed by atoms with Crippen LogP contribution in [0.25, 0.3) is 0 Å². The molecule has 0 aromatic rings. The monoisotopic (exact) mass is 244 g/mol. The zero-order valence-corrected chi connectivity index (χ0v) is 11.3. The van der Waals surface area contributed by atoms with E-state index >= 15 is 0 Å².